The molecule has 0 aromatic rings. The maximum Gasteiger partial charge on any atom is 0.0546 e. The van der Waals surface area contributed by atoms with Crippen LogP contribution in [-0.2, 0) is 4.74 Å². The monoisotopic (exact) mass is 270 g/mol. The summed E-state index contributed by atoms with van der Waals surface area (Å²) in [6.45, 7) is 9.96. The third kappa shape index (κ3) is 4.42. The van der Waals surface area contributed by atoms with E-state index in [1.165, 1.54) is 25.8 Å². The van der Waals surface area contributed by atoms with Crippen molar-refractivity contribution in [2.45, 2.75) is 32.6 Å². The summed E-state index contributed by atoms with van der Waals surface area (Å²) in [5.74, 6) is 0.700. The van der Waals surface area contributed by atoms with E-state index in [9.17, 15) is 0 Å². The molecule has 0 saturated carbocycles. The third-order valence-corrected chi connectivity index (χ3v) is 4.62. The van der Waals surface area contributed by atoms with Gasteiger partial charge in [-0.3, -0.25) is 0 Å². The SMILES string of the molecule is CCNCC1(CN2CCC(CCO)C2)CCCOC1. The molecular weight excluding hydrogens is 240 g/mol. The molecule has 2 unspecified atom stereocenters. The molecule has 2 fully saturated rings. The van der Waals surface area contributed by atoms with E-state index in [2.05, 4.69) is 17.1 Å². The first-order valence-electron chi connectivity index (χ1n) is 7.90. The van der Waals surface area contributed by atoms with Crippen LogP contribution in [0, 0.1) is 11.3 Å². The fraction of sp³-hybridized carbons (Fsp3) is 1.00. The molecule has 0 aromatic heterocycles. The normalized spacial score (nSPS) is 32.8. The molecule has 2 N–H and O–H groups in total. The Hall–Kier alpha value is -0.160. The Kier molecular flexibility index (Phi) is 6.07. The molecule has 4 nitrogen and oxygen atoms in total. The van der Waals surface area contributed by atoms with E-state index in [0.717, 1.165) is 45.8 Å². The zero-order valence-electron chi connectivity index (χ0n) is 12.4. The highest BCUT2D eigenvalue weighted by Gasteiger charge is 2.36. The minimum Gasteiger partial charge on any atom is -0.396 e. The van der Waals surface area contributed by atoms with E-state index in [4.69, 9.17) is 9.84 Å². The van der Waals surface area contributed by atoms with Crippen molar-refractivity contribution in [3.8, 4) is 0 Å². The van der Waals surface area contributed by atoms with Crippen LogP contribution in [0.3, 0.4) is 0 Å². The van der Waals surface area contributed by atoms with Gasteiger partial charge in [0.1, 0.15) is 0 Å². The fourth-order valence-electron chi connectivity index (χ4n) is 3.57. The van der Waals surface area contributed by atoms with Gasteiger partial charge in [0.25, 0.3) is 0 Å². The highest BCUT2D eigenvalue weighted by Crippen LogP contribution is 2.31. The van der Waals surface area contributed by atoms with E-state index in [0.29, 0.717) is 17.9 Å². The zero-order valence-corrected chi connectivity index (χ0v) is 12.4. The predicted octanol–water partition coefficient (Wildman–Crippen LogP) is 1.10. The molecule has 4 heteroatoms. The Morgan fingerprint density at radius 3 is 3.05 bits per heavy atom. The van der Waals surface area contributed by atoms with Gasteiger partial charge in [-0.1, -0.05) is 6.92 Å². The minimum atomic E-state index is 0.308. The number of aliphatic hydroxyl groups is 1. The number of hydrogen-bond acceptors (Lipinski definition) is 4. The van der Waals surface area contributed by atoms with Gasteiger partial charge in [-0.25, -0.2) is 0 Å². The molecule has 0 spiro atoms. The molecule has 0 bridgehead atoms. The molecule has 0 aliphatic carbocycles. The molecule has 0 amide bonds. The van der Waals surface area contributed by atoms with Crippen molar-refractivity contribution in [3.63, 3.8) is 0 Å². The maximum atomic E-state index is 9.05. The van der Waals surface area contributed by atoms with Crippen LogP contribution in [0.2, 0.25) is 0 Å². The van der Waals surface area contributed by atoms with Crippen molar-refractivity contribution in [2.75, 3.05) is 52.5 Å². The van der Waals surface area contributed by atoms with Crippen LogP contribution < -0.4 is 5.32 Å². The molecule has 0 aromatic carbocycles. The average Bonchev–Trinajstić information content (AvgIpc) is 2.85. The van der Waals surface area contributed by atoms with E-state index < -0.39 is 0 Å². The predicted molar refractivity (Wildman–Crippen MR) is 77.3 cm³/mol. The lowest BCUT2D eigenvalue weighted by Gasteiger charge is -2.40. The standard InChI is InChI=1S/C15H30N2O2/c1-2-16-11-15(6-3-9-19-13-15)12-17-7-4-14(10-17)5-8-18/h14,16,18H,2-13H2,1H3. The molecule has 19 heavy (non-hydrogen) atoms. The van der Waals surface area contributed by atoms with Crippen molar-refractivity contribution in [1.29, 1.82) is 0 Å². The zero-order chi connectivity index (χ0) is 13.6. The average molecular weight is 270 g/mol. The van der Waals surface area contributed by atoms with Gasteiger partial charge in [0.15, 0.2) is 0 Å². The molecule has 2 saturated heterocycles. The van der Waals surface area contributed by atoms with Crippen LogP contribution in [-0.4, -0.2) is 62.6 Å². The fourth-order valence-corrected chi connectivity index (χ4v) is 3.57. The lowest BCUT2D eigenvalue weighted by molar-refractivity contribution is -0.0233. The number of aliphatic hydroxyl groups excluding tert-OH is 1. The van der Waals surface area contributed by atoms with Crippen molar-refractivity contribution in [3.05, 3.63) is 0 Å². The quantitative estimate of drug-likeness (QED) is 0.727. The second-order valence-corrected chi connectivity index (χ2v) is 6.34. The van der Waals surface area contributed by atoms with Gasteiger partial charge in [-0.2, -0.15) is 0 Å². The molecular formula is C15H30N2O2. The van der Waals surface area contributed by atoms with Gasteiger partial charge in [-0.05, 0) is 44.7 Å². The Labute approximate surface area is 117 Å². The second kappa shape index (κ2) is 7.58. The summed E-state index contributed by atoms with van der Waals surface area (Å²) in [6.07, 6.45) is 4.69. The second-order valence-electron chi connectivity index (χ2n) is 6.34. The lowest BCUT2D eigenvalue weighted by atomic mass is 9.81. The van der Waals surface area contributed by atoms with Gasteiger partial charge in [0.05, 0.1) is 6.61 Å². The molecule has 2 aliphatic rings. The molecule has 2 atom stereocenters. The largest absolute Gasteiger partial charge is 0.396 e. The smallest absolute Gasteiger partial charge is 0.0546 e. The summed E-state index contributed by atoms with van der Waals surface area (Å²) >= 11 is 0. The Bertz CT molecular complexity index is 255. The Balaban J connectivity index is 1.85. The van der Waals surface area contributed by atoms with Crippen LogP contribution in [0.5, 0.6) is 0 Å². The van der Waals surface area contributed by atoms with Crippen molar-refractivity contribution >= 4 is 0 Å². The van der Waals surface area contributed by atoms with E-state index in [1.807, 2.05) is 0 Å². The third-order valence-electron chi connectivity index (χ3n) is 4.62. The Morgan fingerprint density at radius 2 is 2.37 bits per heavy atom. The van der Waals surface area contributed by atoms with E-state index >= 15 is 0 Å². The summed E-state index contributed by atoms with van der Waals surface area (Å²) in [5, 5.41) is 12.6. The molecule has 2 aliphatic heterocycles. The minimum absolute atomic E-state index is 0.308. The van der Waals surface area contributed by atoms with Crippen LogP contribution in [0.1, 0.15) is 32.6 Å². The molecule has 0 radical (unpaired) electrons. The highest BCUT2D eigenvalue weighted by molar-refractivity contribution is 4.89. The van der Waals surface area contributed by atoms with Crippen molar-refractivity contribution in [2.24, 2.45) is 11.3 Å². The number of nitrogens with zero attached hydrogens (tertiary/aromatic N) is 1. The van der Waals surface area contributed by atoms with Crippen LogP contribution >= 0.6 is 0 Å². The van der Waals surface area contributed by atoms with Crippen LogP contribution in [0.15, 0.2) is 0 Å². The van der Waals surface area contributed by atoms with Gasteiger partial charge in [0, 0.05) is 38.3 Å². The van der Waals surface area contributed by atoms with E-state index in [1.54, 1.807) is 0 Å². The molecule has 2 heterocycles. The van der Waals surface area contributed by atoms with Crippen molar-refractivity contribution < 1.29 is 9.84 Å². The van der Waals surface area contributed by atoms with Crippen molar-refractivity contribution in [1.82, 2.24) is 10.2 Å². The summed E-state index contributed by atoms with van der Waals surface area (Å²) in [5.41, 5.74) is 0.308. The Morgan fingerprint density at radius 1 is 1.47 bits per heavy atom. The number of likely N-dealkylation sites (tertiary alicyclic amines) is 1. The van der Waals surface area contributed by atoms with Crippen LogP contribution in [0.4, 0.5) is 0 Å². The van der Waals surface area contributed by atoms with E-state index in [-0.39, 0.29) is 0 Å². The lowest BCUT2D eigenvalue weighted by Crippen LogP contribution is -2.48. The summed E-state index contributed by atoms with van der Waals surface area (Å²) < 4.78 is 5.76. The number of rotatable bonds is 7. The first kappa shape index (κ1) is 15.2. The van der Waals surface area contributed by atoms with Gasteiger partial charge in [-0.15, -0.1) is 0 Å². The van der Waals surface area contributed by atoms with Gasteiger partial charge in [0.2, 0.25) is 0 Å². The van der Waals surface area contributed by atoms with Gasteiger partial charge < -0.3 is 20.1 Å². The first-order chi connectivity index (χ1) is 9.28. The summed E-state index contributed by atoms with van der Waals surface area (Å²) in [7, 11) is 0. The summed E-state index contributed by atoms with van der Waals surface area (Å²) in [6, 6.07) is 0. The number of ether oxygens (including phenoxy) is 1. The summed E-state index contributed by atoms with van der Waals surface area (Å²) in [4.78, 5) is 2.59. The molecule has 2 rings (SSSR count). The topological polar surface area (TPSA) is 44.7 Å². The van der Waals surface area contributed by atoms with Crippen LogP contribution in [0.25, 0.3) is 0 Å². The first-order valence-corrected chi connectivity index (χ1v) is 7.90. The highest BCUT2D eigenvalue weighted by atomic mass is 16.5. The number of hydrogen-bond donors (Lipinski definition) is 2. The van der Waals surface area contributed by atoms with Gasteiger partial charge >= 0.3 is 0 Å². The maximum absolute atomic E-state index is 9.05. The number of nitrogens with one attached hydrogen (secondary N) is 1. The molecule has 112 valence electrons.